The van der Waals surface area contributed by atoms with Crippen LogP contribution in [-0.4, -0.2) is 15.2 Å². The largest absolute Gasteiger partial charge is 0.502 e. The van der Waals surface area contributed by atoms with Crippen LogP contribution in [0.15, 0.2) is 33.5 Å². The number of hydrogen-bond acceptors (Lipinski definition) is 4. The quantitative estimate of drug-likeness (QED) is 0.679. The Hall–Kier alpha value is -2.24. The molecule has 0 aliphatic carbocycles. The molecule has 0 amide bonds. The number of nitrogens with one attached hydrogen (secondary N) is 1. The van der Waals surface area contributed by atoms with Crippen LogP contribution in [0.5, 0.6) is 5.75 Å². The van der Waals surface area contributed by atoms with Crippen molar-refractivity contribution in [3.63, 3.8) is 0 Å². The summed E-state index contributed by atoms with van der Waals surface area (Å²) in [6.07, 6.45) is 0. The Labute approximate surface area is 124 Å². The summed E-state index contributed by atoms with van der Waals surface area (Å²) in [6, 6.07) is 6.41. The Morgan fingerprint density at radius 2 is 2.14 bits per heavy atom. The molecule has 0 unspecified atom stereocenters. The van der Waals surface area contributed by atoms with Gasteiger partial charge in [-0.05, 0) is 19.1 Å². The van der Waals surface area contributed by atoms with Crippen molar-refractivity contribution in [3.8, 4) is 17.1 Å². The molecule has 2 aromatic heterocycles. The van der Waals surface area contributed by atoms with E-state index in [0.717, 1.165) is 11.6 Å². The van der Waals surface area contributed by atoms with Crippen LogP contribution >= 0.6 is 11.6 Å². The molecule has 0 aliphatic rings. The molecule has 5 nitrogen and oxygen atoms in total. The summed E-state index contributed by atoms with van der Waals surface area (Å²) in [4.78, 5) is 14.9. The average molecular weight is 306 g/mol. The number of halogens is 1. The highest BCUT2D eigenvalue weighted by Gasteiger charge is 2.21. The number of aliphatic hydroxyl groups is 1. The van der Waals surface area contributed by atoms with E-state index in [4.69, 9.17) is 21.1 Å². The number of benzene rings is 1. The van der Waals surface area contributed by atoms with Crippen molar-refractivity contribution < 1.29 is 14.6 Å². The van der Waals surface area contributed by atoms with Crippen molar-refractivity contribution in [2.45, 2.75) is 13.5 Å². The molecule has 108 valence electrons. The van der Waals surface area contributed by atoms with Gasteiger partial charge in [0.25, 0.3) is 0 Å². The summed E-state index contributed by atoms with van der Waals surface area (Å²) in [5.41, 5.74) is 1.37. The molecule has 6 heteroatoms. The van der Waals surface area contributed by atoms with Crippen LogP contribution in [0.1, 0.15) is 11.5 Å². The zero-order valence-corrected chi connectivity index (χ0v) is 11.9. The van der Waals surface area contributed by atoms with E-state index in [1.54, 1.807) is 19.1 Å². The number of fused-ring (bicyclic) bond motifs is 1. The van der Waals surface area contributed by atoms with Gasteiger partial charge in [-0.1, -0.05) is 17.7 Å². The predicted octanol–water partition coefficient (Wildman–Crippen LogP) is 2.95. The minimum Gasteiger partial charge on any atom is -0.502 e. The lowest BCUT2D eigenvalue weighted by molar-refractivity contribution is 0.243. The average Bonchev–Trinajstić information content (AvgIpc) is 2.79. The molecule has 0 saturated heterocycles. The van der Waals surface area contributed by atoms with Crippen LogP contribution in [0.4, 0.5) is 0 Å². The van der Waals surface area contributed by atoms with Gasteiger partial charge in [-0.3, -0.25) is 4.79 Å². The lowest BCUT2D eigenvalue weighted by Gasteiger charge is -2.06. The Morgan fingerprint density at radius 1 is 1.38 bits per heavy atom. The number of aliphatic hydroxyl groups excluding tert-OH is 1. The SMILES string of the molecule is Cc1[nH]c2cccc(Cl)c2c1-c1oc(CO)cc(=O)c1O. The molecule has 0 spiro atoms. The molecular formula is C15H12ClNO4. The van der Waals surface area contributed by atoms with Crippen molar-refractivity contribution in [2.24, 2.45) is 0 Å². The van der Waals surface area contributed by atoms with Gasteiger partial charge in [0.15, 0.2) is 5.76 Å². The zero-order chi connectivity index (χ0) is 15.1. The molecule has 3 N–H and O–H groups in total. The monoisotopic (exact) mass is 305 g/mol. The van der Waals surface area contributed by atoms with E-state index in [9.17, 15) is 9.90 Å². The molecule has 21 heavy (non-hydrogen) atoms. The van der Waals surface area contributed by atoms with E-state index >= 15 is 0 Å². The minimum absolute atomic E-state index is 0.00315. The third kappa shape index (κ3) is 2.11. The number of aryl methyl sites for hydroxylation is 1. The van der Waals surface area contributed by atoms with Gasteiger partial charge < -0.3 is 19.6 Å². The predicted molar refractivity (Wildman–Crippen MR) is 79.6 cm³/mol. The number of aromatic hydroxyl groups is 1. The van der Waals surface area contributed by atoms with E-state index in [-0.39, 0.29) is 11.5 Å². The van der Waals surface area contributed by atoms with Gasteiger partial charge in [-0.15, -0.1) is 0 Å². The molecule has 3 rings (SSSR count). The van der Waals surface area contributed by atoms with Crippen molar-refractivity contribution in [2.75, 3.05) is 0 Å². The van der Waals surface area contributed by atoms with E-state index in [1.165, 1.54) is 0 Å². The van der Waals surface area contributed by atoms with Crippen LogP contribution in [0.25, 0.3) is 22.2 Å². The third-order valence-electron chi connectivity index (χ3n) is 3.32. The molecule has 0 atom stereocenters. The van der Waals surface area contributed by atoms with Crippen LogP contribution in [0, 0.1) is 6.92 Å². The second-order valence-electron chi connectivity index (χ2n) is 4.70. The number of aromatic nitrogens is 1. The molecular weight excluding hydrogens is 294 g/mol. The second-order valence-corrected chi connectivity index (χ2v) is 5.11. The Morgan fingerprint density at radius 3 is 2.86 bits per heavy atom. The summed E-state index contributed by atoms with van der Waals surface area (Å²) in [7, 11) is 0. The second kappa shape index (κ2) is 4.95. The molecule has 0 radical (unpaired) electrons. The maximum atomic E-state index is 11.8. The van der Waals surface area contributed by atoms with Crippen LogP contribution in [0.3, 0.4) is 0 Å². The van der Waals surface area contributed by atoms with Crippen LogP contribution in [0.2, 0.25) is 5.02 Å². The minimum atomic E-state index is -0.610. The van der Waals surface area contributed by atoms with Gasteiger partial charge in [-0.2, -0.15) is 0 Å². The molecule has 2 heterocycles. The van der Waals surface area contributed by atoms with Crippen LogP contribution < -0.4 is 5.43 Å². The molecule has 0 fully saturated rings. The van der Waals surface area contributed by atoms with Gasteiger partial charge in [0.2, 0.25) is 11.2 Å². The topological polar surface area (TPSA) is 86.5 Å². The van der Waals surface area contributed by atoms with Crippen molar-refractivity contribution >= 4 is 22.5 Å². The van der Waals surface area contributed by atoms with Gasteiger partial charge >= 0.3 is 0 Å². The summed E-state index contributed by atoms with van der Waals surface area (Å²) < 4.78 is 5.45. The van der Waals surface area contributed by atoms with Crippen molar-refractivity contribution in [3.05, 3.63) is 51.0 Å². The maximum absolute atomic E-state index is 11.8. The Bertz CT molecular complexity index is 895. The summed E-state index contributed by atoms with van der Waals surface area (Å²) in [5.74, 6) is -0.423. The molecule has 0 bridgehead atoms. The van der Waals surface area contributed by atoms with E-state index in [2.05, 4.69) is 4.98 Å². The first-order valence-corrected chi connectivity index (χ1v) is 6.64. The highest BCUT2D eigenvalue weighted by molar-refractivity contribution is 6.36. The lowest BCUT2D eigenvalue weighted by atomic mass is 10.1. The molecule has 1 aromatic carbocycles. The van der Waals surface area contributed by atoms with Crippen molar-refractivity contribution in [1.29, 1.82) is 0 Å². The maximum Gasteiger partial charge on any atom is 0.227 e. The standard InChI is InChI=1S/C15H12ClNO4/c1-7-12(13-9(16)3-2-4-10(13)17-7)15-14(20)11(19)5-8(6-18)21-15/h2-5,17-18,20H,6H2,1H3. The first-order chi connectivity index (χ1) is 10.0. The van der Waals surface area contributed by atoms with Gasteiger partial charge in [0.1, 0.15) is 12.4 Å². The molecule has 0 saturated carbocycles. The van der Waals surface area contributed by atoms with Crippen LogP contribution in [-0.2, 0) is 6.61 Å². The van der Waals surface area contributed by atoms with E-state index in [0.29, 0.717) is 21.7 Å². The fraction of sp³-hybridized carbons (Fsp3) is 0.133. The highest BCUT2D eigenvalue weighted by Crippen LogP contribution is 2.39. The van der Waals surface area contributed by atoms with Crippen molar-refractivity contribution in [1.82, 2.24) is 4.98 Å². The Kier molecular flexibility index (Phi) is 3.23. The molecule has 0 aliphatic heterocycles. The fourth-order valence-electron chi connectivity index (χ4n) is 2.40. The molecule has 3 aromatic rings. The smallest absolute Gasteiger partial charge is 0.227 e. The number of hydrogen-bond donors (Lipinski definition) is 3. The number of H-pyrrole nitrogens is 1. The summed E-state index contributed by atoms with van der Waals surface area (Å²) in [6.45, 7) is 1.36. The fourth-order valence-corrected chi connectivity index (χ4v) is 2.67. The van der Waals surface area contributed by atoms with E-state index < -0.39 is 17.8 Å². The normalized spacial score (nSPS) is 11.2. The van der Waals surface area contributed by atoms with Gasteiger partial charge in [0, 0.05) is 22.7 Å². The first-order valence-electron chi connectivity index (χ1n) is 6.27. The zero-order valence-electron chi connectivity index (χ0n) is 11.1. The summed E-state index contributed by atoms with van der Waals surface area (Å²) in [5, 5.41) is 20.3. The first kappa shape index (κ1) is 13.7. The van der Waals surface area contributed by atoms with Gasteiger partial charge in [0.05, 0.1) is 10.6 Å². The number of rotatable bonds is 2. The lowest BCUT2D eigenvalue weighted by Crippen LogP contribution is -2.03. The van der Waals surface area contributed by atoms with E-state index in [1.807, 2.05) is 6.07 Å². The number of aromatic amines is 1. The van der Waals surface area contributed by atoms with Gasteiger partial charge in [-0.25, -0.2) is 0 Å². The third-order valence-corrected chi connectivity index (χ3v) is 3.63. The summed E-state index contributed by atoms with van der Waals surface area (Å²) >= 11 is 6.22. The Balaban J connectivity index is 2.43. The highest BCUT2D eigenvalue weighted by atomic mass is 35.5.